The number of benzene rings is 2. The highest BCUT2D eigenvalue weighted by atomic mass is 19.2. The fourth-order valence-corrected chi connectivity index (χ4v) is 5.45. The summed E-state index contributed by atoms with van der Waals surface area (Å²) in [5.41, 5.74) is -2.18. The molecule has 3 aliphatic rings. The van der Waals surface area contributed by atoms with Gasteiger partial charge in [-0.05, 0) is 25.5 Å². The minimum atomic E-state index is -1.85. The third-order valence-corrected chi connectivity index (χ3v) is 6.75. The van der Waals surface area contributed by atoms with E-state index in [0.29, 0.717) is 0 Å². The molecule has 176 valence electrons. The van der Waals surface area contributed by atoms with Crippen LogP contribution < -0.4 is 15.5 Å². The summed E-state index contributed by atoms with van der Waals surface area (Å²) in [7, 11) is 0. The van der Waals surface area contributed by atoms with Crippen molar-refractivity contribution < 1.29 is 32.7 Å². The van der Waals surface area contributed by atoms with E-state index in [2.05, 4.69) is 10.6 Å². The molecular weight excluding hydrogens is 448 g/mol. The molecule has 2 fully saturated rings. The Morgan fingerprint density at radius 2 is 1.71 bits per heavy atom. The molecule has 5 rings (SSSR count). The number of hydrogen-bond acceptors (Lipinski definition) is 6. The number of fused-ring (bicyclic) bond motifs is 4. The van der Waals surface area contributed by atoms with E-state index in [1.165, 1.54) is 23.1 Å². The third kappa shape index (κ3) is 3.05. The second-order valence-electron chi connectivity index (χ2n) is 8.89. The standard InChI is InChI=1S/C24H21F2N3O5/c1-11-10-29-18-14(8-15(16(25)17(18)26)19(30)13-6-4-3-5-7-13)9-24(20(29)12(2)34-11)21(31)27-23(33)28-22(24)32/h3-8,11-12,20H,9-10H2,1-2H3,(H2,27,28,31,32,33)/t11-,12+,20-/m1/s1. The first-order chi connectivity index (χ1) is 16.1. The minimum absolute atomic E-state index is 0.0700. The van der Waals surface area contributed by atoms with Crippen molar-refractivity contribution in [3.8, 4) is 0 Å². The van der Waals surface area contributed by atoms with E-state index in [1.54, 1.807) is 32.0 Å². The van der Waals surface area contributed by atoms with Gasteiger partial charge < -0.3 is 9.64 Å². The van der Waals surface area contributed by atoms with Gasteiger partial charge in [-0.3, -0.25) is 25.0 Å². The number of carbonyl (C=O) groups excluding carboxylic acids is 4. The Kier molecular flexibility index (Phi) is 5.01. The molecule has 34 heavy (non-hydrogen) atoms. The number of nitrogens with one attached hydrogen (secondary N) is 2. The van der Waals surface area contributed by atoms with E-state index in [9.17, 15) is 19.2 Å². The molecule has 1 spiro atoms. The number of halogens is 2. The van der Waals surface area contributed by atoms with Crippen LogP contribution in [0.15, 0.2) is 36.4 Å². The summed E-state index contributed by atoms with van der Waals surface area (Å²) in [4.78, 5) is 52.6. The zero-order valence-corrected chi connectivity index (χ0v) is 18.4. The van der Waals surface area contributed by atoms with Crippen LogP contribution in [0, 0.1) is 17.0 Å². The first kappa shape index (κ1) is 22.1. The predicted octanol–water partition coefficient (Wildman–Crippen LogP) is 2.09. The van der Waals surface area contributed by atoms with E-state index in [0.717, 1.165) is 0 Å². The van der Waals surface area contributed by atoms with Gasteiger partial charge in [-0.2, -0.15) is 0 Å². The van der Waals surface area contributed by atoms with Crippen LogP contribution in [0.4, 0.5) is 19.3 Å². The van der Waals surface area contributed by atoms with Crippen molar-refractivity contribution in [1.29, 1.82) is 0 Å². The maximum absolute atomic E-state index is 15.6. The third-order valence-electron chi connectivity index (χ3n) is 6.75. The van der Waals surface area contributed by atoms with Crippen molar-refractivity contribution in [2.75, 3.05) is 11.4 Å². The van der Waals surface area contributed by atoms with Gasteiger partial charge in [0.1, 0.15) is 0 Å². The summed E-state index contributed by atoms with van der Waals surface area (Å²) in [6.45, 7) is 3.44. The quantitative estimate of drug-likeness (QED) is 0.516. The number of barbiturate groups is 1. The maximum Gasteiger partial charge on any atom is 0.328 e. The fourth-order valence-electron chi connectivity index (χ4n) is 5.45. The molecule has 2 N–H and O–H groups in total. The normalized spacial score (nSPS) is 25.4. The maximum atomic E-state index is 15.6. The molecule has 2 saturated heterocycles. The Balaban J connectivity index is 1.72. The number of imide groups is 2. The van der Waals surface area contributed by atoms with Crippen LogP contribution in [0.25, 0.3) is 0 Å². The number of carbonyl (C=O) groups is 4. The van der Waals surface area contributed by atoms with E-state index in [-0.39, 0.29) is 29.8 Å². The molecule has 0 bridgehead atoms. The van der Waals surface area contributed by atoms with Gasteiger partial charge in [0.25, 0.3) is 0 Å². The van der Waals surface area contributed by atoms with Crippen LogP contribution in [0.2, 0.25) is 0 Å². The Labute approximate surface area is 193 Å². The lowest BCUT2D eigenvalue weighted by Gasteiger charge is -2.55. The summed E-state index contributed by atoms with van der Waals surface area (Å²) in [5, 5.41) is 4.26. The fraction of sp³-hybridized carbons (Fsp3) is 0.333. The van der Waals surface area contributed by atoms with Crippen molar-refractivity contribution in [2.45, 2.75) is 38.5 Å². The summed E-state index contributed by atoms with van der Waals surface area (Å²) in [5.74, 6) is -4.97. The molecule has 2 aromatic carbocycles. The van der Waals surface area contributed by atoms with Gasteiger partial charge in [0.05, 0.1) is 29.5 Å². The molecule has 3 atom stereocenters. The number of hydrogen-bond donors (Lipinski definition) is 2. The number of urea groups is 1. The topological polar surface area (TPSA) is 105 Å². The lowest BCUT2D eigenvalue weighted by atomic mass is 9.66. The van der Waals surface area contributed by atoms with E-state index >= 15 is 8.78 Å². The summed E-state index contributed by atoms with van der Waals surface area (Å²) in [6.07, 6.45) is -1.49. The number of morpholine rings is 1. The predicted molar refractivity (Wildman–Crippen MR) is 115 cm³/mol. The molecule has 0 radical (unpaired) electrons. The molecule has 4 amide bonds. The summed E-state index contributed by atoms with van der Waals surface area (Å²) in [6, 6.07) is 7.09. The monoisotopic (exact) mass is 469 g/mol. The summed E-state index contributed by atoms with van der Waals surface area (Å²) < 4.78 is 36.7. The first-order valence-electron chi connectivity index (χ1n) is 10.8. The second kappa shape index (κ2) is 7.69. The van der Waals surface area contributed by atoms with Crippen molar-refractivity contribution in [1.82, 2.24) is 10.6 Å². The molecule has 3 aliphatic heterocycles. The van der Waals surface area contributed by atoms with Crippen LogP contribution in [0.5, 0.6) is 0 Å². The number of nitrogens with zero attached hydrogens (tertiary/aromatic N) is 1. The van der Waals surface area contributed by atoms with Gasteiger partial charge >= 0.3 is 6.03 Å². The van der Waals surface area contributed by atoms with Crippen molar-refractivity contribution >= 4 is 29.3 Å². The van der Waals surface area contributed by atoms with Gasteiger partial charge in [0, 0.05) is 18.5 Å². The van der Waals surface area contributed by atoms with Gasteiger partial charge in [-0.15, -0.1) is 0 Å². The van der Waals surface area contributed by atoms with Crippen molar-refractivity contribution in [3.05, 3.63) is 64.7 Å². The van der Waals surface area contributed by atoms with Crippen LogP contribution in [-0.4, -0.2) is 48.4 Å². The number of anilines is 1. The van der Waals surface area contributed by atoms with E-state index in [4.69, 9.17) is 4.74 Å². The summed E-state index contributed by atoms with van der Waals surface area (Å²) >= 11 is 0. The number of rotatable bonds is 2. The molecule has 0 saturated carbocycles. The second-order valence-corrected chi connectivity index (χ2v) is 8.89. The molecule has 3 heterocycles. The minimum Gasteiger partial charge on any atom is -0.372 e. The molecule has 2 aromatic rings. The van der Waals surface area contributed by atoms with E-state index < -0.39 is 64.5 Å². The van der Waals surface area contributed by atoms with Gasteiger partial charge in [0.2, 0.25) is 11.8 Å². The molecule has 8 nitrogen and oxygen atoms in total. The molecular formula is C24H21F2N3O5. The zero-order chi connectivity index (χ0) is 24.4. The first-order valence-corrected chi connectivity index (χ1v) is 10.8. The largest absolute Gasteiger partial charge is 0.372 e. The Morgan fingerprint density at radius 1 is 1.06 bits per heavy atom. The highest BCUT2D eigenvalue weighted by molar-refractivity contribution is 6.20. The average Bonchev–Trinajstić information content (AvgIpc) is 2.79. The van der Waals surface area contributed by atoms with Crippen molar-refractivity contribution in [3.63, 3.8) is 0 Å². The average molecular weight is 469 g/mol. The SMILES string of the molecule is C[C@@H]1CN2c3c(cc(C(=O)c4ccccc4)c(F)c3F)CC3(C(=O)NC(=O)NC3=O)[C@H]2[C@H](C)O1. The molecule has 10 heteroatoms. The van der Waals surface area contributed by atoms with Gasteiger partial charge in [-0.25, -0.2) is 13.6 Å². The lowest BCUT2D eigenvalue weighted by molar-refractivity contribution is -0.153. The van der Waals surface area contributed by atoms with Crippen LogP contribution >= 0.6 is 0 Å². The number of ketones is 1. The van der Waals surface area contributed by atoms with Crippen molar-refractivity contribution in [2.24, 2.45) is 5.41 Å². The van der Waals surface area contributed by atoms with E-state index in [1.807, 2.05) is 0 Å². The highest BCUT2D eigenvalue weighted by Gasteiger charge is 2.63. The highest BCUT2D eigenvalue weighted by Crippen LogP contribution is 2.48. The Bertz CT molecular complexity index is 1230. The van der Waals surface area contributed by atoms with Crippen LogP contribution in [-0.2, 0) is 20.7 Å². The smallest absolute Gasteiger partial charge is 0.328 e. The van der Waals surface area contributed by atoms with Gasteiger partial charge in [-0.1, -0.05) is 30.3 Å². The molecule has 0 unspecified atom stereocenters. The molecule has 0 aromatic heterocycles. The zero-order valence-electron chi connectivity index (χ0n) is 18.4. The van der Waals surface area contributed by atoms with Crippen LogP contribution in [0.1, 0.15) is 35.3 Å². The molecule has 0 aliphatic carbocycles. The Hall–Kier alpha value is -3.66. The lowest BCUT2D eigenvalue weighted by Crippen LogP contribution is -2.75. The van der Waals surface area contributed by atoms with Crippen LogP contribution in [0.3, 0.4) is 0 Å². The number of amides is 4. The Morgan fingerprint density at radius 3 is 2.35 bits per heavy atom. The number of ether oxygens (including phenoxy) is 1. The van der Waals surface area contributed by atoms with Gasteiger partial charge in [0.15, 0.2) is 22.8 Å².